The van der Waals surface area contributed by atoms with Crippen LogP contribution in [0.3, 0.4) is 0 Å². The first kappa shape index (κ1) is 11.5. The van der Waals surface area contributed by atoms with Crippen LogP contribution in [0.5, 0.6) is 17.2 Å². The maximum absolute atomic E-state index is 10.8. The molecular formula is C16H12O3. The van der Waals surface area contributed by atoms with E-state index in [2.05, 4.69) is 0 Å². The van der Waals surface area contributed by atoms with Gasteiger partial charge in [-0.2, -0.15) is 0 Å². The number of rotatable bonds is 3. The van der Waals surface area contributed by atoms with Gasteiger partial charge in [0, 0.05) is 11.1 Å². The van der Waals surface area contributed by atoms with Crippen LogP contribution < -0.4 is 9.47 Å². The summed E-state index contributed by atoms with van der Waals surface area (Å²) in [5.74, 6) is 2.09. The van der Waals surface area contributed by atoms with E-state index in [1.54, 1.807) is 0 Å². The normalized spacial score (nSPS) is 12.9. The first-order valence-electron chi connectivity index (χ1n) is 6.01. The van der Waals surface area contributed by atoms with Crippen LogP contribution in [0, 0.1) is 0 Å². The highest BCUT2D eigenvalue weighted by Gasteiger charge is 2.16. The van der Waals surface area contributed by atoms with Gasteiger partial charge in [-0.15, -0.1) is 0 Å². The van der Waals surface area contributed by atoms with Crippen molar-refractivity contribution in [1.29, 1.82) is 0 Å². The van der Waals surface area contributed by atoms with E-state index in [1.165, 1.54) is 0 Å². The van der Waals surface area contributed by atoms with Gasteiger partial charge in [-0.05, 0) is 24.3 Å². The molecule has 0 atom stereocenters. The Morgan fingerprint density at radius 1 is 1.05 bits per heavy atom. The Kier molecular flexibility index (Phi) is 3.02. The minimum Gasteiger partial charge on any atom is -0.484 e. The number of carbonyl (C=O) groups excluding carboxylic acids is 1. The third kappa shape index (κ3) is 2.36. The second-order valence-corrected chi connectivity index (χ2v) is 4.22. The molecule has 0 amide bonds. The van der Waals surface area contributed by atoms with E-state index < -0.39 is 0 Å². The van der Waals surface area contributed by atoms with Crippen molar-refractivity contribution < 1.29 is 14.3 Å². The van der Waals surface area contributed by atoms with E-state index in [0.717, 1.165) is 17.6 Å². The molecule has 1 heterocycles. The molecule has 19 heavy (non-hydrogen) atoms. The minimum atomic E-state index is 0.283. The van der Waals surface area contributed by atoms with E-state index in [-0.39, 0.29) is 6.61 Å². The first-order chi connectivity index (χ1) is 9.36. The topological polar surface area (TPSA) is 35.5 Å². The number of hydrogen-bond donors (Lipinski definition) is 0. The largest absolute Gasteiger partial charge is 0.484 e. The van der Waals surface area contributed by atoms with E-state index in [4.69, 9.17) is 9.47 Å². The zero-order valence-corrected chi connectivity index (χ0v) is 10.2. The lowest BCUT2D eigenvalue weighted by Gasteiger charge is -2.18. The Labute approximate surface area is 111 Å². The third-order valence-electron chi connectivity index (χ3n) is 2.86. The maximum atomic E-state index is 10.8. The number of hydrogen-bond acceptors (Lipinski definition) is 3. The van der Waals surface area contributed by atoms with Crippen molar-refractivity contribution in [2.75, 3.05) is 6.61 Å². The predicted molar refractivity (Wildman–Crippen MR) is 72.5 cm³/mol. The van der Waals surface area contributed by atoms with Gasteiger partial charge in [0.15, 0.2) is 11.5 Å². The molecule has 0 aliphatic carbocycles. The van der Waals surface area contributed by atoms with Crippen LogP contribution in [0.25, 0.3) is 6.08 Å². The molecule has 0 fully saturated rings. The van der Waals surface area contributed by atoms with E-state index in [9.17, 15) is 4.79 Å². The lowest BCUT2D eigenvalue weighted by atomic mass is 10.1. The lowest BCUT2D eigenvalue weighted by molar-refractivity contribution is -0.105. The molecule has 2 aromatic rings. The summed E-state index contributed by atoms with van der Waals surface area (Å²) in [4.78, 5) is 10.8. The van der Waals surface area contributed by atoms with Gasteiger partial charge in [-0.3, -0.25) is 4.79 Å². The van der Waals surface area contributed by atoms with Crippen molar-refractivity contribution in [3.05, 3.63) is 59.7 Å². The van der Waals surface area contributed by atoms with Crippen LogP contribution in [-0.2, 0) is 4.79 Å². The summed E-state index contributed by atoms with van der Waals surface area (Å²) in [7, 11) is 0. The summed E-state index contributed by atoms with van der Waals surface area (Å²) in [6.07, 6.45) is 2.64. The number of ether oxygens (including phenoxy) is 2. The Bertz CT molecular complexity index is 630. The van der Waals surface area contributed by atoms with Gasteiger partial charge < -0.3 is 9.47 Å². The molecule has 3 heteroatoms. The molecule has 94 valence electrons. The van der Waals surface area contributed by atoms with Gasteiger partial charge in [-0.1, -0.05) is 30.3 Å². The SMILES string of the molecule is O=CC1=Cc2cccc(Oc3ccccc3)c2OC1. The molecule has 0 unspecified atom stereocenters. The molecule has 0 aromatic heterocycles. The fourth-order valence-corrected chi connectivity index (χ4v) is 1.96. The summed E-state index contributed by atoms with van der Waals surface area (Å²) >= 11 is 0. The number of para-hydroxylation sites is 2. The lowest BCUT2D eigenvalue weighted by Crippen LogP contribution is -2.08. The number of benzene rings is 2. The summed E-state index contributed by atoms with van der Waals surface area (Å²) in [5.41, 5.74) is 1.49. The smallest absolute Gasteiger partial charge is 0.169 e. The van der Waals surface area contributed by atoms with Crippen LogP contribution >= 0.6 is 0 Å². The first-order valence-corrected chi connectivity index (χ1v) is 6.01. The monoisotopic (exact) mass is 252 g/mol. The Hall–Kier alpha value is -2.55. The highest BCUT2D eigenvalue weighted by atomic mass is 16.5. The number of aldehydes is 1. The average molecular weight is 252 g/mol. The van der Waals surface area contributed by atoms with Crippen molar-refractivity contribution >= 4 is 12.4 Å². The molecule has 3 nitrogen and oxygen atoms in total. The third-order valence-corrected chi connectivity index (χ3v) is 2.86. The van der Waals surface area contributed by atoms with Gasteiger partial charge in [-0.25, -0.2) is 0 Å². The zero-order chi connectivity index (χ0) is 13.1. The highest BCUT2D eigenvalue weighted by molar-refractivity contribution is 5.85. The van der Waals surface area contributed by atoms with Crippen LogP contribution in [-0.4, -0.2) is 12.9 Å². The molecule has 1 aliphatic heterocycles. The molecule has 0 spiro atoms. The van der Waals surface area contributed by atoms with Crippen LogP contribution in [0.15, 0.2) is 54.1 Å². The Morgan fingerprint density at radius 3 is 2.68 bits per heavy atom. The molecule has 1 aliphatic rings. The zero-order valence-electron chi connectivity index (χ0n) is 10.2. The average Bonchev–Trinajstić information content (AvgIpc) is 2.48. The van der Waals surface area contributed by atoms with Crippen molar-refractivity contribution in [3.8, 4) is 17.2 Å². The molecule has 0 saturated heterocycles. The van der Waals surface area contributed by atoms with E-state index in [1.807, 2.05) is 54.6 Å². The highest BCUT2D eigenvalue weighted by Crippen LogP contribution is 2.37. The Balaban J connectivity index is 1.96. The molecule has 0 N–H and O–H groups in total. The quantitative estimate of drug-likeness (QED) is 0.785. The second-order valence-electron chi connectivity index (χ2n) is 4.22. The summed E-state index contributed by atoms with van der Waals surface area (Å²) < 4.78 is 11.4. The second kappa shape index (κ2) is 4.98. The molecule has 0 bridgehead atoms. The molecule has 2 aromatic carbocycles. The van der Waals surface area contributed by atoms with Gasteiger partial charge in [0.2, 0.25) is 0 Å². The number of fused-ring (bicyclic) bond motifs is 1. The molecule has 0 radical (unpaired) electrons. The van der Waals surface area contributed by atoms with Gasteiger partial charge >= 0.3 is 0 Å². The summed E-state index contributed by atoms with van der Waals surface area (Å²) in [6.45, 7) is 0.283. The standard InChI is InChI=1S/C16H12O3/c17-10-12-9-13-5-4-8-15(16(13)18-11-12)19-14-6-2-1-3-7-14/h1-10H,11H2. The van der Waals surface area contributed by atoms with Crippen LogP contribution in [0.2, 0.25) is 0 Å². The van der Waals surface area contributed by atoms with Crippen LogP contribution in [0.1, 0.15) is 5.56 Å². The van der Waals surface area contributed by atoms with Gasteiger partial charge in [0.25, 0.3) is 0 Å². The fraction of sp³-hybridized carbons (Fsp3) is 0.0625. The predicted octanol–water partition coefficient (Wildman–Crippen LogP) is 3.45. The van der Waals surface area contributed by atoms with Crippen molar-refractivity contribution in [1.82, 2.24) is 0 Å². The van der Waals surface area contributed by atoms with Gasteiger partial charge in [0.1, 0.15) is 18.6 Å². The van der Waals surface area contributed by atoms with Crippen molar-refractivity contribution in [3.63, 3.8) is 0 Å². The van der Waals surface area contributed by atoms with E-state index >= 15 is 0 Å². The molecule has 3 rings (SSSR count). The summed E-state index contributed by atoms with van der Waals surface area (Å²) in [6, 6.07) is 15.2. The minimum absolute atomic E-state index is 0.283. The Morgan fingerprint density at radius 2 is 1.89 bits per heavy atom. The molecular weight excluding hydrogens is 240 g/mol. The van der Waals surface area contributed by atoms with Crippen molar-refractivity contribution in [2.45, 2.75) is 0 Å². The van der Waals surface area contributed by atoms with Crippen molar-refractivity contribution in [2.24, 2.45) is 0 Å². The summed E-state index contributed by atoms with van der Waals surface area (Å²) in [5, 5.41) is 0. The fourth-order valence-electron chi connectivity index (χ4n) is 1.96. The maximum Gasteiger partial charge on any atom is 0.169 e. The number of carbonyl (C=O) groups is 1. The van der Waals surface area contributed by atoms with Crippen LogP contribution in [0.4, 0.5) is 0 Å². The molecule has 0 saturated carbocycles. The van der Waals surface area contributed by atoms with Gasteiger partial charge in [0.05, 0.1) is 0 Å². The van der Waals surface area contributed by atoms with E-state index in [0.29, 0.717) is 17.1 Å².